The Balaban J connectivity index is 2.09. The summed E-state index contributed by atoms with van der Waals surface area (Å²) in [4.78, 5) is 24.1. The number of anilines is 1. The standard InChI is InChI=1S/C19H23N3O3/c1-13-9-10-17(22(24)25)19(15(13)3)20-18(23)12-21(4)11-16-8-6-5-7-14(16)2/h5-10H,11-12H2,1-4H3,(H,20,23)/p+1. The van der Waals surface area contributed by atoms with E-state index < -0.39 is 4.92 Å². The minimum absolute atomic E-state index is 0.0759. The Morgan fingerprint density at radius 1 is 1.12 bits per heavy atom. The highest BCUT2D eigenvalue weighted by Gasteiger charge is 2.21. The Morgan fingerprint density at radius 2 is 1.80 bits per heavy atom. The Hall–Kier alpha value is -2.73. The summed E-state index contributed by atoms with van der Waals surface area (Å²) in [5.74, 6) is -0.233. The van der Waals surface area contributed by atoms with Crippen molar-refractivity contribution in [2.24, 2.45) is 0 Å². The first-order chi connectivity index (χ1) is 11.8. The lowest BCUT2D eigenvalue weighted by molar-refractivity contribution is -0.885. The van der Waals surface area contributed by atoms with Crippen molar-refractivity contribution in [1.29, 1.82) is 0 Å². The van der Waals surface area contributed by atoms with Crippen LogP contribution in [-0.4, -0.2) is 24.4 Å². The molecule has 0 aliphatic carbocycles. The van der Waals surface area contributed by atoms with Crippen molar-refractivity contribution in [2.45, 2.75) is 27.3 Å². The fraction of sp³-hybridized carbons (Fsp3) is 0.316. The van der Waals surface area contributed by atoms with Crippen LogP contribution in [0.5, 0.6) is 0 Å². The molecule has 0 spiro atoms. The molecule has 25 heavy (non-hydrogen) atoms. The quantitative estimate of drug-likeness (QED) is 0.624. The topological polar surface area (TPSA) is 76.7 Å². The number of carbonyl (C=O) groups is 1. The molecule has 1 atom stereocenters. The van der Waals surface area contributed by atoms with Crippen LogP contribution in [0.1, 0.15) is 22.3 Å². The Kier molecular flexibility index (Phi) is 5.88. The zero-order valence-corrected chi connectivity index (χ0v) is 15.1. The summed E-state index contributed by atoms with van der Waals surface area (Å²) >= 11 is 0. The summed E-state index contributed by atoms with van der Waals surface area (Å²) in [5, 5.41) is 13.9. The van der Waals surface area contributed by atoms with Crippen molar-refractivity contribution in [1.82, 2.24) is 0 Å². The number of nitro groups is 1. The number of hydrogen-bond donors (Lipinski definition) is 2. The Bertz CT molecular complexity index is 802. The molecule has 2 rings (SSSR count). The minimum atomic E-state index is -0.466. The number of amides is 1. The van der Waals surface area contributed by atoms with Crippen molar-refractivity contribution in [3.05, 3.63) is 68.8 Å². The molecule has 0 bridgehead atoms. The summed E-state index contributed by atoms with van der Waals surface area (Å²) in [6.45, 7) is 6.64. The van der Waals surface area contributed by atoms with Gasteiger partial charge in [0.05, 0.1) is 12.0 Å². The van der Waals surface area contributed by atoms with Gasteiger partial charge >= 0.3 is 0 Å². The third-order valence-corrected chi connectivity index (χ3v) is 4.39. The lowest BCUT2D eigenvalue weighted by Gasteiger charge is -2.16. The number of likely N-dealkylation sites (N-methyl/N-ethyl adjacent to an activating group) is 1. The third kappa shape index (κ3) is 4.64. The summed E-state index contributed by atoms with van der Waals surface area (Å²) < 4.78 is 0. The van der Waals surface area contributed by atoms with Gasteiger partial charge in [-0.1, -0.05) is 30.3 Å². The largest absolute Gasteiger partial charge is 0.326 e. The normalized spacial score (nSPS) is 11.8. The number of nitrogens with one attached hydrogen (secondary N) is 2. The minimum Gasteiger partial charge on any atom is -0.326 e. The number of nitro benzene ring substituents is 1. The van der Waals surface area contributed by atoms with Gasteiger partial charge in [0.25, 0.3) is 11.6 Å². The molecule has 0 saturated heterocycles. The summed E-state index contributed by atoms with van der Waals surface area (Å²) in [7, 11) is 1.93. The van der Waals surface area contributed by atoms with Gasteiger partial charge in [0, 0.05) is 11.6 Å². The van der Waals surface area contributed by atoms with Gasteiger partial charge in [-0.05, 0) is 37.5 Å². The van der Waals surface area contributed by atoms with E-state index in [4.69, 9.17) is 0 Å². The van der Waals surface area contributed by atoms with Crippen LogP contribution in [0, 0.1) is 30.9 Å². The number of rotatable bonds is 6. The van der Waals surface area contributed by atoms with E-state index in [0.29, 0.717) is 5.69 Å². The smallest absolute Gasteiger partial charge is 0.293 e. The van der Waals surface area contributed by atoms with Crippen LogP contribution in [0.4, 0.5) is 11.4 Å². The monoisotopic (exact) mass is 342 g/mol. The average molecular weight is 342 g/mol. The van der Waals surface area contributed by atoms with Crippen molar-refractivity contribution >= 4 is 17.3 Å². The first-order valence-electron chi connectivity index (χ1n) is 8.20. The van der Waals surface area contributed by atoms with E-state index in [0.717, 1.165) is 22.6 Å². The van der Waals surface area contributed by atoms with Crippen molar-refractivity contribution in [3.8, 4) is 0 Å². The average Bonchev–Trinajstić information content (AvgIpc) is 2.53. The van der Waals surface area contributed by atoms with Crippen molar-refractivity contribution < 1.29 is 14.6 Å². The Morgan fingerprint density at radius 3 is 2.44 bits per heavy atom. The van der Waals surface area contributed by atoms with Crippen molar-refractivity contribution in [2.75, 3.05) is 18.9 Å². The summed E-state index contributed by atoms with van der Waals surface area (Å²) in [6.07, 6.45) is 0. The molecule has 0 aliphatic rings. The maximum atomic E-state index is 12.4. The van der Waals surface area contributed by atoms with Gasteiger partial charge in [0.1, 0.15) is 12.2 Å². The zero-order valence-electron chi connectivity index (χ0n) is 15.1. The highest BCUT2D eigenvalue weighted by atomic mass is 16.6. The van der Waals surface area contributed by atoms with E-state index in [9.17, 15) is 14.9 Å². The van der Waals surface area contributed by atoms with Gasteiger partial charge in [-0.25, -0.2) is 0 Å². The van der Waals surface area contributed by atoms with Crippen LogP contribution in [0.3, 0.4) is 0 Å². The lowest BCUT2D eigenvalue weighted by atomic mass is 10.1. The van der Waals surface area contributed by atoms with Gasteiger partial charge in [-0.2, -0.15) is 0 Å². The molecular formula is C19H24N3O3+. The molecule has 0 aliphatic heterocycles. The van der Waals surface area contributed by atoms with Gasteiger partial charge in [-0.15, -0.1) is 0 Å². The second-order valence-electron chi connectivity index (χ2n) is 6.44. The molecule has 0 heterocycles. The van der Waals surface area contributed by atoms with E-state index in [2.05, 4.69) is 5.32 Å². The molecular weight excluding hydrogens is 318 g/mol. The van der Waals surface area contributed by atoms with Gasteiger partial charge in [0.15, 0.2) is 6.54 Å². The molecule has 0 fully saturated rings. The SMILES string of the molecule is Cc1ccccc1C[NH+](C)CC(=O)Nc1c([N+](=O)[O-])ccc(C)c1C. The van der Waals surface area contributed by atoms with E-state index in [1.165, 1.54) is 17.2 Å². The molecule has 2 aromatic rings. The van der Waals surface area contributed by atoms with Crippen LogP contribution < -0.4 is 10.2 Å². The number of nitrogens with zero attached hydrogens (tertiary/aromatic N) is 1. The summed E-state index contributed by atoms with van der Waals surface area (Å²) in [6, 6.07) is 11.2. The zero-order chi connectivity index (χ0) is 18.6. The Labute approximate surface area is 147 Å². The highest BCUT2D eigenvalue weighted by Crippen LogP contribution is 2.29. The lowest BCUT2D eigenvalue weighted by Crippen LogP contribution is -3.08. The second kappa shape index (κ2) is 7.90. The second-order valence-corrected chi connectivity index (χ2v) is 6.44. The molecule has 0 saturated carbocycles. The van der Waals surface area contributed by atoms with E-state index >= 15 is 0 Å². The molecule has 6 nitrogen and oxygen atoms in total. The van der Waals surface area contributed by atoms with Crippen LogP contribution in [0.25, 0.3) is 0 Å². The van der Waals surface area contributed by atoms with Crippen molar-refractivity contribution in [3.63, 3.8) is 0 Å². The number of aryl methyl sites for hydroxylation is 2. The number of carbonyl (C=O) groups excluding carboxylic acids is 1. The van der Waals surface area contributed by atoms with E-state index in [1.807, 2.05) is 45.2 Å². The molecule has 0 radical (unpaired) electrons. The number of benzene rings is 2. The first-order valence-corrected chi connectivity index (χ1v) is 8.20. The van der Waals surface area contributed by atoms with Gasteiger partial charge in [0.2, 0.25) is 0 Å². The van der Waals surface area contributed by atoms with Gasteiger partial charge < -0.3 is 10.2 Å². The van der Waals surface area contributed by atoms with E-state index in [1.54, 1.807) is 13.0 Å². The molecule has 6 heteroatoms. The predicted molar refractivity (Wildman–Crippen MR) is 97.8 cm³/mol. The van der Waals surface area contributed by atoms with Crippen LogP contribution >= 0.6 is 0 Å². The molecule has 132 valence electrons. The first kappa shape index (κ1) is 18.6. The van der Waals surface area contributed by atoms with Gasteiger partial charge in [-0.3, -0.25) is 14.9 Å². The third-order valence-electron chi connectivity index (χ3n) is 4.39. The maximum absolute atomic E-state index is 12.4. The molecule has 1 amide bonds. The van der Waals surface area contributed by atoms with Crippen LogP contribution in [0.15, 0.2) is 36.4 Å². The van der Waals surface area contributed by atoms with E-state index in [-0.39, 0.29) is 18.1 Å². The molecule has 1 unspecified atom stereocenters. The maximum Gasteiger partial charge on any atom is 0.293 e. The number of quaternary nitrogens is 1. The molecule has 0 aromatic heterocycles. The predicted octanol–water partition coefficient (Wildman–Crippen LogP) is 2.17. The fourth-order valence-electron chi connectivity index (χ4n) is 2.77. The molecule has 2 N–H and O–H groups in total. The number of hydrogen-bond acceptors (Lipinski definition) is 3. The highest BCUT2D eigenvalue weighted by molar-refractivity contribution is 5.95. The van der Waals surface area contributed by atoms with Crippen LogP contribution in [-0.2, 0) is 11.3 Å². The fourth-order valence-corrected chi connectivity index (χ4v) is 2.77. The van der Waals surface area contributed by atoms with Crippen LogP contribution in [0.2, 0.25) is 0 Å². The summed E-state index contributed by atoms with van der Waals surface area (Å²) in [5.41, 5.74) is 4.21. The molecule has 2 aromatic carbocycles.